The molecule has 18 heavy (non-hydrogen) atoms. The summed E-state index contributed by atoms with van der Waals surface area (Å²) in [7, 11) is 0. The van der Waals surface area contributed by atoms with Gasteiger partial charge in [-0.2, -0.15) is 0 Å². The molecule has 0 unspecified atom stereocenters. The van der Waals surface area contributed by atoms with Gasteiger partial charge in [-0.05, 0) is 0 Å². The van der Waals surface area contributed by atoms with Gasteiger partial charge in [-0.3, -0.25) is 9.59 Å². The minimum Gasteiger partial charge on any atom is -0.378 e. The van der Waals surface area contributed by atoms with E-state index in [0.717, 1.165) is 0 Å². The summed E-state index contributed by atoms with van der Waals surface area (Å²) in [5.41, 5.74) is 0. The highest BCUT2D eigenvalue weighted by Crippen LogP contribution is 2.01. The number of rotatable bonds is 2. The van der Waals surface area contributed by atoms with Crippen LogP contribution in [-0.2, 0) is 19.1 Å². The molecule has 0 N–H and O–H groups in total. The molecule has 0 aromatic heterocycles. The summed E-state index contributed by atoms with van der Waals surface area (Å²) in [6.45, 7) is 4.63. The molecule has 2 aliphatic rings. The van der Waals surface area contributed by atoms with Crippen LogP contribution in [-0.4, -0.2) is 74.2 Å². The average molecular weight is 254 g/mol. The van der Waals surface area contributed by atoms with Crippen molar-refractivity contribution in [2.45, 2.75) is 0 Å². The lowest BCUT2D eigenvalue weighted by atomic mass is 10.3. The zero-order valence-corrected chi connectivity index (χ0v) is 10.3. The number of amides is 2. The van der Waals surface area contributed by atoms with Crippen LogP contribution >= 0.6 is 0 Å². The summed E-state index contributed by atoms with van der Waals surface area (Å²) in [5.74, 6) is -0.250. The highest BCUT2D eigenvalue weighted by atomic mass is 16.5. The molecule has 2 amide bonds. The second kappa shape index (κ2) is 6.51. The summed E-state index contributed by atoms with van der Waals surface area (Å²) in [4.78, 5) is 26.9. The number of morpholine rings is 2. The first-order valence-electron chi connectivity index (χ1n) is 6.19. The van der Waals surface area contributed by atoms with Crippen molar-refractivity contribution < 1.29 is 19.1 Å². The lowest BCUT2D eigenvalue weighted by Gasteiger charge is -2.26. The molecule has 0 radical (unpaired) electrons. The van der Waals surface area contributed by atoms with Crippen molar-refractivity contribution in [1.82, 2.24) is 9.80 Å². The van der Waals surface area contributed by atoms with E-state index < -0.39 is 0 Å². The van der Waals surface area contributed by atoms with Crippen LogP contribution in [0.4, 0.5) is 0 Å². The Kier molecular flexibility index (Phi) is 4.72. The normalized spacial score (nSPS) is 21.3. The Hall–Kier alpha value is -1.40. The average Bonchev–Trinajstić information content (AvgIpc) is 2.46. The fourth-order valence-corrected chi connectivity index (χ4v) is 1.92. The van der Waals surface area contributed by atoms with Crippen molar-refractivity contribution >= 4 is 11.8 Å². The molecule has 2 heterocycles. The Balaban J connectivity index is 1.81. The zero-order valence-electron chi connectivity index (χ0n) is 10.3. The minimum absolute atomic E-state index is 0.125. The van der Waals surface area contributed by atoms with Crippen molar-refractivity contribution in [2.75, 3.05) is 52.6 Å². The third-order valence-corrected chi connectivity index (χ3v) is 3.01. The molecular formula is C12H18N2O4. The maximum Gasteiger partial charge on any atom is 0.246 e. The molecule has 0 aromatic carbocycles. The Morgan fingerprint density at radius 3 is 1.39 bits per heavy atom. The Morgan fingerprint density at radius 2 is 1.06 bits per heavy atom. The number of hydrogen-bond acceptors (Lipinski definition) is 4. The number of carbonyl (C=O) groups is 2. The van der Waals surface area contributed by atoms with E-state index in [1.165, 1.54) is 12.2 Å². The van der Waals surface area contributed by atoms with Gasteiger partial charge >= 0.3 is 0 Å². The van der Waals surface area contributed by atoms with Crippen molar-refractivity contribution in [3.8, 4) is 0 Å². The van der Waals surface area contributed by atoms with Crippen LogP contribution < -0.4 is 0 Å². The standard InChI is InChI=1S/C12H18N2O4/c15-11(13-3-7-17-8-4-13)1-2-12(16)14-5-9-18-10-6-14/h1-2H,3-10H2/b2-1+. The Morgan fingerprint density at radius 1 is 0.722 bits per heavy atom. The Bertz CT molecular complexity index is 299. The van der Waals surface area contributed by atoms with E-state index >= 15 is 0 Å². The SMILES string of the molecule is O=C(/C=C/C(=O)N1CCOCC1)N1CCOCC1. The summed E-state index contributed by atoms with van der Waals surface area (Å²) >= 11 is 0. The molecule has 2 saturated heterocycles. The lowest BCUT2D eigenvalue weighted by molar-refractivity contribution is -0.132. The van der Waals surface area contributed by atoms with Crippen molar-refractivity contribution in [3.05, 3.63) is 12.2 Å². The van der Waals surface area contributed by atoms with Crippen LogP contribution in [0, 0.1) is 0 Å². The van der Waals surface area contributed by atoms with Gasteiger partial charge < -0.3 is 19.3 Å². The molecule has 0 aromatic rings. The highest BCUT2D eigenvalue weighted by molar-refractivity contribution is 5.96. The van der Waals surface area contributed by atoms with E-state index in [4.69, 9.17) is 9.47 Å². The highest BCUT2D eigenvalue weighted by Gasteiger charge is 2.17. The number of nitrogens with zero attached hydrogens (tertiary/aromatic N) is 2. The quantitative estimate of drug-likeness (QED) is 0.609. The van der Waals surface area contributed by atoms with E-state index in [-0.39, 0.29) is 11.8 Å². The third-order valence-electron chi connectivity index (χ3n) is 3.01. The minimum atomic E-state index is -0.125. The Labute approximate surface area is 106 Å². The maximum absolute atomic E-state index is 11.8. The molecule has 6 nitrogen and oxygen atoms in total. The monoisotopic (exact) mass is 254 g/mol. The van der Waals surface area contributed by atoms with Crippen LogP contribution in [0.3, 0.4) is 0 Å². The molecule has 0 saturated carbocycles. The molecule has 0 aliphatic carbocycles. The summed E-state index contributed by atoms with van der Waals surface area (Å²) < 4.78 is 10.3. The van der Waals surface area contributed by atoms with Crippen LogP contribution in [0.2, 0.25) is 0 Å². The first kappa shape index (κ1) is 13.0. The predicted octanol–water partition coefficient (Wildman–Crippen LogP) is -0.740. The molecule has 0 atom stereocenters. The van der Waals surface area contributed by atoms with E-state index in [0.29, 0.717) is 52.6 Å². The van der Waals surface area contributed by atoms with Gasteiger partial charge in [0.1, 0.15) is 0 Å². The van der Waals surface area contributed by atoms with Gasteiger partial charge in [-0.1, -0.05) is 0 Å². The number of ether oxygens (including phenoxy) is 2. The van der Waals surface area contributed by atoms with E-state index in [1.54, 1.807) is 9.80 Å². The van der Waals surface area contributed by atoms with E-state index in [1.807, 2.05) is 0 Å². The van der Waals surface area contributed by atoms with Gasteiger partial charge in [0.05, 0.1) is 26.4 Å². The summed E-state index contributed by atoms with van der Waals surface area (Å²) in [6.07, 6.45) is 2.70. The van der Waals surface area contributed by atoms with Crippen molar-refractivity contribution in [3.63, 3.8) is 0 Å². The smallest absolute Gasteiger partial charge is 0.246 e. The molecular weight excluding hydrogens is 236 g/mol. The van der Waals surface area contributed by atoms with Crippen LogP contribution in [0.5, 0.6) is 0 Å². The van der Waals surface area contributed by atoms with Crippen LogP contribution in [0.1, 0.15) is 0 Å². The molecule has 100 valence electrons. The number of hydrogen-bond donors (Lipinski definition) is 0. The number of carbonyl (C=O) groups excluding carboxylic acids is 2. The van der Waals surface area contributed by atoms with Gasteiger partial charge in [0, 0.05) is 38.3 Å². The van der Waals surface area contributed by atoms with Gasteiger partial charge in [0.2, 0.25) is 11.8 Å². The lowest BCUT2D eigenvalue weighted by Crippen LogP contribution is -2.41. The molecule has 0 bridgehead atoms. The maximum atomic E-state index is 11.8. The molecule has 2 fully saturated rings. The van der Waals surface area contributed by atoms with Gasteiger partial charge in [0.15, 0.2) is 0 Å². The largest absolute Gasteiger partial charge is 0.378 e. The molecule has 2 aliphatic heterocycles. The molecule has 6 heteroatoms. The second-order valence-corrected chi connectivity index (χ2v) is 4.21. The first-order valence-corrected chi connectivity index (χ1v) is 6.19. The second-order valence-electron chi connectivity index (χ2n) is 4.21. The topological polar surface area (TPSA) is 59.1 Å². The predicted molar refractivity (Wildman–Crippen MR) is 63.9 cm³/mol. The fourth-order valence-electron chi connectivity index (χ4n) is 1.92. The van der Waals surface area contributed by atoms with Gasteiger partial charge in [-0.25, -0.2) is 0 Å². The fraction of sp³-hybridized carbons (Fsp3) is 0.667. The van der Waals surface area contributed by atoms with E-state index in [2.05, 4.69) is 0 Å². The van der Waals surface area contributed by atoms with Crippen LogP contribution in [0.25, 0.3) is 0 Å². The van der Waals surface area contributed by atoms with Crippen molar-refractivity contribution in [2.24, 2.45) is 0 Å². The van der Waals surface area contributed by atoms with Crippen LogP contribution in [0.15, 0.2) is 12.2 Å². The third kappa shape index (κ3) is 3.54. The van der Waals surface area contributed by atoms with Crippen molar-refractivity contribution in [1.29, 1.82) is 0 Å². The van der Waals surface area contributed by atoms with Gasteiger partial charge in [0.25, 0.3) is 0 Å². The summed E-state index contributed by atoms with van der Waals surface area (Å²) in [6, 6.07) is 0. The van der Waals surface area contributed by atoms with E-state index in [9.17, 15) is 9.59 Å². The van der Waals surface area contributed by atoms with Gasteiger partial charge in [-0.15, -0.1) is 0 Å². The molecule has 0 spiro atoms. The molecule has 2 rings (SSSR count). The zero-order chi connectivity index (χ0) is 12.8. The summed E-state index contributed by atoms with van der Waals surface area (Å²) in [5, 5.41) is 0. The first-order chi connectivity index (χ1) is 8.77.